The molecule has 0 aliphatic rings. The van der Waals surface area contributed by atoms with Crippen LogP contribution in [0.4, 0.5) is 0 Å². The molecule has 0 aliphatic carbocycles. The molecule has 0 unspecified atom stereocenters. The zero-order valence-electron chi connectivity index (χ0n) is 14.4. The highest BCUT2D eigenvalue weighted by Gasteiger charge is 2.18. The summed E-state index contributed by atoms with van der Waals surface area (Å²) in [5.74, 6) is 1.47. The Labute approximate surface area is 159 Å². The lowest BCUT2D eigenvalue weighted by molar-refractivity contribution is 0.729. The van der Waals surface area contributed by atoms with Crippen molar-refractivity contribution in [3.05, 3.63) is 53.8 Å². The topological polar surface area (TPSA) is 69.4 Å². The summed E-state index contributed by atoms with van der Waals surface area (Å²) in [4.78, 5) is 14.6. The second-order valence-corrected chi connectivity index (χ2v) is 7.51. The molecule has 0 N–H and O–H groups in total. The second kappa shape index (κ2) is 6.97. The first-order chi connectivity index (χ1) is 12.7. The van der Waals surface area contributed by atoms with E-state index < -0.39 is 0 Å². The van der Waals surface area contributed by atoms with E-state index in [0.29, 0.717) is 6.54 Å². The summed E-state index contributed by atoms with van der Waals surface area (Å²) >= 11 is 3.14. The lowest BCUT2D eigenvalue weighted by Crippen LogP contribution is -2.02. The molecule has 4 aromatic heterocycles. The van der Waals surface area contributed by atoms with Crippen LogP contribution in [0.5, 0.6) is 0 Å². The van der Waals surface area contributed by atoms with E-state index in [2.05, 4.69) is 44.0 Å². The molecule has 0 atom stereocenters. The van der Waals surface area contributed by atoms with Crippen molar-refractivity contribution in [2.75, 3.05) is 0 Å². The number of thiophene rings is 1. The Morgan fingerprint density at radius 2 is 2.12 bits per heavy atom. The van der Waals surface area contributed by atoms with Crippen LogP contribution in [-0.4, -0.2) is 29.7 Å². The number of hydrogen-bond donors (Lipinski definition) is 0. The Hall–Kier alpha value is -2.58. The van der Waals surface area contributed by atoms with Gasteiger partial charge in [0, 0.05) is 18.1 Å². The zero-order chi connectivity index (χ0) is 18.1. The van der Waals surface area contributed by atoms with Crippen molar-refractivity contribution in [1.29, 1.82) is 0 Å². The molecule has 0 radical (unpaired) electrons. The van der Waals surface area contributed by atoms with E-state index in [9.17, 15) is 0 Å². The maximum absolute atomic E-state index is 4.65. The summed E-state index contributed by atoms with van der Waals surface area (Å²) in [7, 11) is 0. The molecule has 130 valence electrons. The quantitative estimate of drug-likeness (QED) is 0.380. The lowest BCUT2D eigenvalue weighted by Gasteiger charge is -2.08. The van der Waals surface area contributed by atoms with Crippen molar-refractivity contribution in [2.24, 2.45) is 0 Å². The number of aromatic nitrogens is 6. The number of nitrogens with zero attached hydrogens (tertiary/aromatic N) is 6. The number of rotatable bonds is 5. The third-order valence-electron chi connectivity index (χ3n) is 3.81. The number of pyridine rings is 1. The highest BCUT2D eigenvalue weighted by Crippen LogP contribution is 2.36. The Balaban J connectivity index is 1.81. The molecule has 0 aromatic carbocycles. The normalized spacial score (nSPS) is 11.2. The minimum Gasteiger partial charge on any atom is -0.297 e. The Bertz CT molecular complexity index is 1080. The van der Waals surface area contributed by atoms with Gasteiger partial charge in [0.1, 0.15) is 21.4 Å². The largest absolute Gasteiger partial charge is 0.297 e. The summed E-state index contributed by atoms with van der Waals surface area (Å²) in [5, 5.41) is 13.6. The molecule has 0 fully saturated rings. The first-order valence-corrected chi connectivity index (χ1v) is 9.72. The monoisotopic (exact) mass is 380 g/mol. The molecule has 0 amide bonds. The Kier molecular flexibility index (Phi) is 4.52. The molecule has 0 aliphatic heterocycles. The first kappa shape index (κ1) is 16.9. The van der Waals surface area contributed by atoms with Crippen molar-refractivity contribution >= 4 is 33.3 Å². The fourth-order valence-electron chi connectivity index (χ4n) is 2.65. The summed E-state index contributed by atoms with van der Waals surface area (Å²) in [6.45, 7) is 8.44. The fraction of sp³-hybridized carbons (Fsp3) is 0.167. The minimum absolute atomic E-state index is 0.594. The summed E-state index contributed by atoms with van der Waals surface area (Å²) in [5.41, 5.74) is 1.96. The van der Waals surface area contributed by atoms with E-state index in [-0.39, 0.29) is 0 Å². The van der Waals surface area contributed by atoms with Gasteiger partial charge in [-0.15, -0.1) is 28.1 Å². The number of allylic oxidation sites excluding steroid dienone is 1. The molecule has 4 rings (SSSR count). The van der Waals surface area contributed by atoms with E-state index in [1.807, 2.05) is 35.8 Å². The molecule has 0 saturated heterocycles. The SMILES string of the molecule is C=CCn1c(Sc2nc(C)nc3scc(C)c23)nnc1-c1ccccn1. The predicted molar refractivity (Wildman–Crippen MR) is 104 cm³/mol. The first-order valence-electron chi connectivity index (χ1n) is 8.03. The van der Waals surface area contributed by atoms with Crippen LogP contribution in [0.15, 0.2) is 52.6 Å². The molecule has 6 nitrogen and oxygen atoms in total. The van der Waals surface area contributed by atoms with Crippen LogP contribution in [0.25, 0.3) is 21.7 Å². The van der Waals surface area contributed by atoms with E-state index >= 15 is 0 Å². The van der Waals surface area contributed by atoms with Crippen molar-refractivity contribution in [3.63, 3.8) is 0 Å². The van der Waals surface area contributed by atoms with Crippen LogP contribution >= 0.6 is 23.1 Å². The van der Waals surface area contributed by atoms with Crippen molar-refractivity contribution in [2.45, 2.75) is 30.6 Å². The van der Waals surface area contributed by atoms with Gasteiger partial charge in [0.2, 0.25) is 0 Å². The van der Waals surface area contributed by atoms with Crippen molar-refractivity contribution in [1.82, 2.24) is 29.7 Å². The minimum atomic E-state index is 0.594. The van der Waals surface area contributed by atoms with Gasteiger partial charge in [-0.1, -0.05) is 12.1 Å². The highest BCUT2D eigenvalue weighted by molar-refractivity contribution is 7.99. The van der Waals surface area contributed by atoms with Crippen LogP contribution in [0.3, 0.4) is 0 Å². The van der Waals surface area contributed by atoms with Crippen LogP contribution in [0, 0.1) is 13.8 Å². The molecule has 8 heteroatoms. The average molecular weight is 381 g/mol. The molecule has 0 bridgehead atoms. The maximum atomic E-state index is 4.65. The number of hydrogen-bond acceptors (Lipinski definition) is 7. The highest BCUT2D eigenvalue weighted by atomic mass is 32.2. The van der Waals surface area contributed by atoms with E-state index in [4.69, 9.17) is 0 Å². The van der Waals surface area contributed by atoms with Crippen LogP contribution in [-0.2, 0) is 6.54 Å². The molecule has 0 spiro atoms. The summed E-state index contributed by atoms with van der Waals surface area (Å²) in [6.07, 6.45) is 3.58. The zero-order valence-corrected chi connectivity index (χ0v) is 16.0. The van der Waals surface area contributed by atoms with Crippen LogP contribution in [0.1, 0.15) is 11.4 Å². The fourth-order valence-corrected chi connectivity index (χ4v) is 4.75. The molecular formula is C18H16N6S2. The predicted octanol–water partition coefficient (Wildman–Crippen LogP) is 4.30. The van der Waals surface area contributed by atoms with E-state index in [0.717, 1.165) is 37.7 Å². The van der Waals surface area contributed by atoms with Gasteiger partial charge < -0.3 is 0 Å². The average Bonchev–Trinajstić information content (AvgIpc) is 3.20. The van der Waals surface area contributed by atoms with Crippen LogP contribution < -0.4 is 0 Å². The Morgan fingerprint density at radius 1 is 1.23 bits per heavy atom. The van der Waals surface area contributed by atoms with Gasteiger partial charge >= 0.3 is 0 Å². The Morgan fingerprint density at radius 3 is 2.88 bits per heavy atom. The number of fused-ring (bicyclic) bond motifs is 1. The molecule has 4 heterocycles. The van der Waals surface area contributed by atoms with E-state index in [1.165, 1.54) is 17.3 Å². The molecule has 4 aromatic rings. The standard InChI is InChI=1S/C18H16N6S2/c1-4-9-24-15(13-7-5-6-8-19-13)22-23-18(24)26-17-14-11(2)10-25-16(14)20-12(3)21-17/h4-8,10H,1,9H2,2-3H3. The second-order valence-electron chi connectivity index (χ2n) is 5.70. The molecule has 0 saturated carbocycles. The van der Waals surface area contributed by atoms with Crippen LogP contribution in [0.2, 0.25) is 0 Å². The van der Waals surface area contributed by atoms with E-state index in [1.54, 1.807) is 17.5 Å². The summed E-state index contributed by atoms with van der Waals surface area (Å²) < 4.78 is 2.00. The van der Waals surface area contributed by atoms with Crippen molar-refractivity contribution < 1.29 is 0 Å². The van der Waals surface area contributed by atoms with Gasteiger partial charge in [-0.2, -0.15) is 0 Å². The van der Waals surface area contributed by atoms with Gasteiger partial charge in [-0.05, 0) is 48.7 Å². The smallest absolute Gasteiger partial charge is 0.198 e. The lowest BCUT2D eigenvalue weighted by atomic mass is 10.3. The third-order valence-corrected chi connectivity index (χ3v) is 5.77. The third kappa shape index (κ3) is 3.02. The van der Waals surface area contributed by atoms with Gasteiger partial charge in [0.25, 0.3) is 0 Å². The number of aryl methyl sites for hydroxylation is 2. The molecular weight excluding hydrogens is 364 g/mol. The summed E-state index contributed by atoms with van der Waals surface area (Å²) in [6, 6.07) is 5.75. The maximum Gasteiger partial charge on any atom is 0.198 e. The van der Waals surface area contributed by atoms with Gasteiger partial charge in [0.05, 0.1) is 0 Å². The van der Waals surface area contributed by atoms with Crippen molar-refractivity contribution in [3.8, 4) is 11.5 Å². The van der Waals surface area contributed by atoms with Gasteiger partial charge in [0.15, 0.2) is 11.0 Å². The molecule has 26 heavy (non-hydrogen) atoms. The van der Waals surface area contributed by atoms with Gasteiger partial charge in [-0.3, -0.25) is 9.55 Å². The van der Waals surface area contributed by atoms with Gasteiger partial charge in [-0.25, -0.2) is 9.97 Å².